The summed E-state index contributed by atoms with van der Waals surface area (Å²) in [6.07, 6.45) is -3.83. The van der Waals surface area contributed by atoms with E-state index in [0.29, 0.717) is 0 Å². The van der Waals surface area contributed by atoms with Gasteiger partial charge in [0.2, 0.25) is 0 Å². The molecule has 29 heavy (non-hydrogen) atoms. The van der Waals surface area contributed by atoms with Crippen LogP contribution in [0.3, 0.4) is 0 Å². The Hall–Kier alpha value is -2.64. The Morgan fingerprint density at radius 2 is 1.66 bits per heavy atom. The molecule has 3 rings (SSSR count). The number of hydrogen-bond acceptors (Lipinski definition) is 4. The molecule has 4 nitrogen and oxygen atoms in total. The molecule has 0 spiro atoms. The number of carbonyl (C=O) groups is 1. The summed E-state index contributed by atoms with van der Waals surface area (Å²) in [4.78, 5) is 12.8. The first kappa shape index (κ1) is 21.1. The van der Waals surface area contributed by atoms with E-state index in [1.165, 1.54) is 30.3 Å². The van der Waals surface area contributed by atoms with Gasteiger partial charge in [0.1, 0.15) is 18.3 Å². The van der Waals surface area contributed by atoms with Crippen molar-refractivity contribution < 1.29 is 32.2 Å². The summed E-state index contributed by atoms with van der Waals surface area (Å²) in [5, 5.41) is 0. The third kappa shape index (κ3) is 4.06. The lowest BCUT2D eigenvalue weighted by molar-refractivity contribution is -0.277. The molecule has 1 aliphatic heterocycles. The largest absolute Gasteiger partial charge is 0.453 e. The van der Waals surface area contributed by atoms with Crippen molar-refractivity contribution in [3.05, 3.63) is 83.9 Å². The van der Waals surface area contributed by atoms with Crippen molar-refractivity contribution in [2.24, 2.45) is 0 Å². The first-order valence-electron chi connectivity index (χ1n) is 9.07. The van der Waals surface area contributed by atoms with Gasteiger partial charge in [-0.25, -0.2) is 4.79 Å². The second-order valence-corrected chi connectivity index (χ2v) is 6.58. The van der Waals surface area contributed by atoms with Crippen LogP contribution in [-0.4, -0.2) is 31.5 Å². The topological polar surface area (TPSA) is 48.1 Å². The summed E-state index contributed by atoms with van der Waals surface area (Å²) in [5.41, 5.74) is -2.72. The van der Waals surface area contributed by atoms with Crippen LogP contribution in [0.2, 0.25) is 0 Å². The van der Waals surface area contributed by atoms with Crippen molar-refractivity contribution in [2.45, 2.75) is 37.0 Å². The average Bonchev–Trinajstić information content (AvgIpc) is 3.50. The third-order valence-corrected chi connectivity index (χ3v) is 4.78. The quantitative estimate of drug-likeness (QED) is 0.379. The Balaban J connectivity index is 1.88. The monoisotopic (exact) mass is 406 g/mol. The summed E-state index contributed by atoms with van der Waals surface area (Å²) < 4.78 is 57.8. The molecule has 0 aromatic heterocycles. The highest BCUT2D eigenvalue weighted by molar-refractivity contribution is 5.83. The maximum Gasteiger partial charge on any atom is 0.432 e. The molecular formula is C22H21F3O4. The van der Waals surface area contributed by atoms with Gasteiger partial charge in [-0.15, -0.1) is 0 Å². The lowest BCUT2D eigenvalue weighted by Crippen LogP contribution is -2.52. The summed E-state index contributed by atoms with van der Waals surface area (Å²) in [6.45, 7) is 1.69. The Bertz CT molecular complexity index is 851. The molecule has 0 N–H and O–H groups in total. The maximum absolute atomic E-state index is 14.0. The summed E-state index contributed by atoms with van der Waals surface area (Å²) >= 11 is 0. The number of esters is 1. The second-order valence-electron chi connectivity index (χ2n) is 6.58. The van der Waals surface area contributed by atoms with Gasteiger partial charge in [0.15, 0.2) is 0 Å². The minimum Gasteiger partial charge on any atom is -0.453 e. The van der Waals surface area contributed by atoms with Crippen LogP contribution < -0.4 is 0 Å². The predicted molar refractivity (Wildman–Crippen MR) is 99.9 cm³/mol. The number of ether oxygens (including phenoxy) is 3. The number of carbonyl (C=O) groups excluding carboxylic acids is 1. The zero-order chi connectivity index (χ0) is 21.1. The molecule has 1 fully saturated rings. The molecule has 4 atom stereocenters. The van der Waals surface area contributed by atoms with Gasteiger partial charge in [-0.2, -0.15) is 13.2 Å². The maximum atomic E-state index is 14.0. The highest BCUT2D eigenvalue weighted by Gasteiger charge is 2.65. The minimum atomic E-state index is -5.02. The van der Waals surface area contributed by atoms with E-state index in [1.807, 2.05) is 30.3 Å². The number of benzene rings is 2. The molecule has 0 amide bonds. The third-order valence-electron chi connectivity index (χ3n) is 4.78. The fourth-order valence-corrected chi connectivity index (χ4v) is 3.28. The molecule has 1 heterocycles. The smallest absolute Gasteiger partial charge is 0.432 e. The molecule has 0 aliphatic carbocycles. The predicted octanol–water partition coefficient (Wildman–Crippen LogP) is 4.72. The van der Waals surface area contributed by atoms with Crippen LogP contribution in [0.15, 0.2) is 72.8 Å². The summed E-state index contributed by atoms with van der Waals surface area (Å²) in [7, 11) is 0.840. The first-order chi connectivity index (χ1) is 13.8. The Kier molecular flexibility index (Phi) is 6.10. The highest BCUT2D eigenvalue weighted by atomic mass is 19.4. The molecule has 2 aromatic carbocycles. The van der Waals surface area contributed by atoms with Crippen molar-refractivity contribution in [3.63, 3.8) is 0 Å². The normalized spacial score (nSPS) is 22.1. The fraction of sp³-hybridized carbons (Fsp3) is 0.318. The van der Waals surface area contributed by atoms with Gasteiger partial charge >= 0.3 is 12.1 Å². The number of epoxide rings is 1. The number of methoxy groups -OCH3 is 1. The number of alkyl halides is 3. The van der Waals surface area contributed by atoms with E-state index in [4.69, 9.17) is 14.2 Å². The molecular weight excluding hydrogens is 385 g/mol. The van der Waals surface area contributed by atoms with Gasteiger partial charge in [0, 0.05) is 12.7 Å². The van der Waals surface area contributed by atoms with Crippen LogP contribution in [0.1, 0.15) is 24.2 Å². The Labute approximate surface area is 166 Å². The number of allylic oxidation sites excluding steroid dienone is 1. The summed E-state index contributed by atoms with van der Waals surface area (Å²) in [5.74, 6) is -1.54. The minimum absolute atomic E-state index is 0.351. The molecule has 7 heteroatoms. The van der Waals surface area contributed by atoms with E-state index in [9.17, 15) is 18.0 Å². The second kappa shape index (κ2) is 8.39. The molecule has 1 aliphatic rings. The number of rotatable bonds is 7. The van der Waals surface area contributed by atoms with Crippen molar-refractivity contribution in [1.29, 1.82) is 0 Å². The zero-order valence-corrected chi connectivity index (χ0v) is 15.9. The molecule has 154 valence electrons. The van der Waals surface area contributed by atoms with Crippen molar-refractivity contribution in [2.75, 3.05) is 7.11 Å². The van der Waals surface area contributed by atoms with E-state index in [0.717, 1.165) is 12.7 Å². The molecule has 0 radical (unpaired) electrons. The zero-order valence-electron chi connectivity index (χ0n) is 15.9. The van der Waals surface area contributed by atoms with Gasteiger partial charge in [0.25, 0.3) is 5.60 Å². The van der Waals surface area contributed by atoms with Crippen LogP contribution in [0.5, 0.6) is 0 Å². The molecule has 2 aromatic rings. The van der Waals surface area contributed by atoms with Gasteiger partial charge in [0.05, 0.1) is 0 Å². The van der Waals surface area contributed by atoms with Crippen molar-refractivity contribution in [3.8, 4) is 0 Å². The molecule has 0 bridgehead atoms. The van der Waals surface area contributed by atoms with Gasteiger partial charge < -0.3 is 14.2 Å². The van der Waals surface area contributed by atoms with Crippen LogP contribution in [-0.2, 0) is 24.6 Å². The molecule has 1 saturated heterocycles. The van der Waals surface area contributed by atoms with E-state index >= 15 is 0 Å². The van der Waals surface area contributed by atoms with Crippen LogP contribution in [0.25, 0.3) is 0 Å². The van der Waals surface area contributed by atoms with E-state index in [1.54, 1.807) is 19.1 Å². The number of hydrogen-bond donors (Lipinski definition) is 0. The lowest BCUT2D eigenvalue weighted by atomic mass is 9.92. The number of halogens is 3. The van der Waals surface area contributed by atoms with Crippen molar-refractivity contribution >= 4 is 5.97 Å². The van der Waals surface area contributed by atoms with Crippen LogP contribution in [0.4, 0.5) is 13.2 Å². The Morgan fingerprint density at radius 3 is 2.17 bits per heavy atom. The molecule has 0 unspecified atom stereocenters. The van der Waals surface area contributed by atoms with Gasteiger partial charge in [-0.05, 0) is 18.6 Å². The van der Waals surface area contributed by atoms with Crippen molar-refractivity contribution in [1.82, 2.24) is 0 Å². The van der Waals surface area contributed by atoms with E-state index < -0.39 is 30.0 Å². The van der Waals surface area contributed by atoms with Gasteiger partial charge in [-0.1, -0.05) is 66.7 Å². The lowest BCUT2D eigenvalue weighted by Gasteiger charge is -2.33. The van der Waals surface area contributed by atoms with E-state index in [2.05, 4.69) is 0 Å². The first-order valence-corrected chi connectivity index (χ1v) is 9.07. The SMILES string of the molecule is C/C=C/[C@@H](OC(=O)[C@@](OC)(c1ccccc1)C(F)(F)F)[C@H]1O[C@H]1c1ccccc1. The summed E-state index contributed by atoms with van der Waals surface area (Å²) in [6, 6.07) is 15.9. The highest BCUT2D eigenvalue weighted by Crippen LogP contribution is 2.46. The fourth-order valence-electron chi connectivity index (χ4n) is 3.28. The standard InChI is InChI=1S/C22H21F3O4/c1-3-10-17(19-18(29-19)15-11-6-4-7-12-15)28-20(26)21(27-2,22(23,24)25)16-13-8-5-9-14-16/h3-14,17-19H,1-2H3/b10-3+/t17-,18+,19-,21+/m1/s1. The van der Waals surface area contributed by atoms with Crippen LogP contribution in [0, 0.1) is 0 Å². The van der Waals surface area contributed by atoms with Crippen LogP contribution >= 0.6 is 0 Å². The Morgan fingerprint density at radius 1 is 1.07 bits per heavy atom. The van der Waals surface area contributed by atoms with Gasteiger partial charge in [-0.3, -0.25) is 0 Å². The average molecular weight is 406 g/mol. The van der Waals surface area contributed by atoms with E-state index in [-0.39, 0.29) is 11.7 Å². The molecule has 0 saturated carbocycles.